The first-order valence-corrected chi connectivity index (χ1v) is 7.83. The molecule has 18 heavy (non-hydrogen) atoms. The highest BCUT2D eigenvalue weighted by Gasteiger charge is 2.30. The van der Waals surface area contributed by atoms with Gasteiger partial charge in [0.05, 0.1) is 5.25 Å². The first-order valence-electron chi connectivity index (χ1n) is 6.12. The molecule has 0 atom stereocenters. The van der Waals surface area contributed by atoms with E-state index in [9.17, 15) is 18.0 Å². The van der Waals surface area contributed by atoms with Crippen molar-refractivity contribution < 1.29 is 23.1 Å². The van der Waals surface area contributed by atoms with Gasteiger partial charge in [0, 0.05) is 13.0 Å². The van der Waals surface area contributed by atoms with Gasteiger partial charge in [0.2, 0.25) is 5.91 Å². The van der Waals surface area contributed by atoms with Crippen molar-refractivity contribution in [2.45, 2.75) is 43.8 Å². The Kier molecular flexibility index (Phi) is 5.58. The number of hydrogen-bond acceptors (Lipinski definition) is 4. The van der Waals surface area contributed by atoms with Gasteiger partial charge in [-0.05, 0) is 19.3 Å². The van der Waals surface area contributed by atoms with Gasteiger partial charge in [0.1, 0.15) is 5.75 Å². The Hall–Kier alpha value is -1.11. The zero-order valence-electron chi connectivity index (χ0n) is 10.2. The summed E-state index contributed by atoms with van der Waals surface area (Å²) in [5.74, 6) is -1.94. The lowest BCUT2D eigenvalue weighted by atomic mass is 10.3. The lowest BCUT2D eigenvalue weighted by molar-refractivity contribution is -0.137. The van der Waals surface area contributed by atoms with Crippen LogP contribution in [0.3, 0.4) is 0 Å². The van der Waals surface area contributed by atoms with E-state index >= 15 is 0 Å². The van der Waals surface area contributed by atoms with E-state index in [2.05, 4.69) is 5.32 Å². The van der Waals surface area contributed by atoms with Gasteiger partial charge in [0.25, 0.3) is 0 Å². The van der Waals surface area contributed by atoms with Crippen LogP contribution >= 0.6 is 0 Å². The van der Waals surface area contributed by atoms with E-state index in [1.807, 2.05) is 0 Å². The third-order valence-corrected chi connectivity index (χ3v) is 5.18. The van der Waals surface area contributed by atoms with E-state index in [0.29, 0.717) is 19.3 Å². The molecule has 0 aliphatic heterocycles. The van der Waals surface area contributed by atoms with Crippen molar-refractivity contribution in [2.75, 3.05) is 12.3 Å². The predicted molar refractivity (Wildman–Crippen MR) is 65.9 cm³/mol. The minimum atomic E-state index is -3.34. The molecule has 0 unspecified atom stereocenters. The normalized spacial score (nSPS) is 16.7. The Morgan fingerprint density at radius 3 is 2.39 bits per heavy atom. The number of carboxylic acid groups (broad SMARTS) is 1. The standard InChI is InChI=1S/C11H19NO5S/c13-10(12-7-3-6-11(14)15)8-18(16,17)9-4-1-2-5-9/h9H,1-8H2,(H,12,13)(H,14,15). The molecular formula is C11H19NO5S. The molecule has 1 saturated carbocycles. The number of aliphatic carboxylic acids is 1. The largest absolute Gasteiger partial charge is 0.481 e. The molecule has 0 bridgehead atoms. The summed E-state index contributed by atoms with van der Waals surface area (Å²) in [6, 6.07) is 0. The summed E-state index contributed by atoms with van der Waals surface area (Å²) in [6.07, 6.45) is 3.39. The summed E-state index contributed by atoms with van der Waals surface area (Å²) >= 11 is 0. The topological polar surface area (TPSA) is 101 Å². The summed E-state index contributed by atoms with van der Waals surface area (Å²) in [6.45, 7) is 0.200. The Bertz CT molecular complexity index is 398. The SMILES string of the molecule is O=C(O)CCCNC(=O)CS(=O)(=O)C1CCCC1. The Morgan fingerprint density at radius 1 is 1.22 bits per heavy atom. The van der Waals surface area contributed by atoms with Crippen LogP contribution in [0, 0.1) is 0 Å². The number of amides is 1. The monoisotopic (exact) mass is 277 g/mol. The predicted octanol–water partition coefficient (Wildman–Crippen LogP) is 0.325. The number of hydrogen-bond donors (Lipinski definition) is 2. The average molecular weight is 277 g/mol. The minimum Gasteiger partial charge on any atom is -0.481 e. The van der Waals surface area contributed by atoms with Crippen LogP contribution in [-0.4, -0.2) is 42.9 Å². The van der Waals surface area contributed by atoms with Crippen LogP contribution < -0.4 is 5.32 Å². The number of sulfone groups is 1. The Morgan fingerprint density at radius 2 is 1.83 bits per heavy atom. The smallest absolute Gasteiger partial charge is 0.303 e. The summed E-state index contributed by atoms with van der Waals surface area (Å²) in [5, 5.41) is 10.5. The number of carboxylic acids is 1. The van der Waals surface area contributed by atoms with Crippen LogP contribution in [0.5, 0.6) is 0 Å². The minimum absolute atomic E-state index is 0.0321. The van der Waals surface area contributed by atoms with Crippen molar-refractivity contribution >= 4 is 21.7 Å². The molecular weight excluding hydrogens is 258 g/mol. The molecule has 0 aromatic carbocycles. The highest BCUT2D eigenvalue weighted by molar-refractivity contribution is 7.92. The van der Waals surface area contributed by atoms with Crippen LogP contribution in [0.1, 0.15) is 38.5 Å². The van der Waals surface area contributed by atoms with Gasteiger partial charge >= 0.3 is 5.97 Å². The van der Waals surface area contributed by atoms with Crippen molar-refractivity contribution in [3.63, 3.8) is 0 Å². The van der Waals surface area contributed by atoms with Gasteiger partial charge in [-0.15, -0.1) is 0 Å². The fraction of sp³-hybridized carbons (Fsp3) is 0.818. The first-order chi connectivity index (χ1) is 8.42. The maximum atomic E-state index is 11.8. The average Bonchev–Trinajstić information content (AvgIpc) is 2.77. The molecule has 104 valence electrons. The Balaban J connectivity index is 2.28. The number of carbonyl (C=O) groups is 2. The highest BCUT2D eigenvalue weighted by atomic mass is 32.2. The molecule has 0 saturated heterocycles. The number of rotatable bonds is 7. The first kappa shape index (κ1) is 14.9. The molecule has 0 radical (unpaired) electrons. The summed E-state index contributed by atoms with van der Waals surface area (Å²) in [4.78, 5) is 21.7. The van der Waals surface area contributed by atoms with Crippen molar-refractivity contribution in [3.05, 3.63) is 0 Å². The number of carbonyl (C=O) groups excluding carboxylic acids is 1. The maximum absolute atomic E-state index is 11.8. The molecule has 0 aromatic rings. The molecule has 1 aliphatic rings. The van der Waals surface area contributed by atoms with Crippen LogP contribution in [0.15, 0.2) is 0 Å². The lowest BCUT2D eigenvalue weighted by Crippen LogP contribution is -2.34. The fourth-order valence-electron chi connectivity index (χ4n) is 2.07. The number of nitrogens with one attached hydrogen (secondary N) is 1. The van der Waals surface area contributed by atoms with Crippen LogP contribution in [0.25, 0.3) is 0 Å². The van der Waals surface area contributed by atoms with Crippen molar-refractivity contribution in [3.8, 4) is 0 Å². The van der Waals surface area contributed by atoms with E-state index in [1.54, 1.807) is 0 Å². The maximum Gasteiger partial charge on any atom is 0.303 e. The van der Waals surface area contributed by atoms with E-state index in [1.165, 1.54) is 0 Å². The van der Waals surface area contributed by atoms with E-state index < -0.39 is 27.5 Å². The molecule has 6 nitrogen and oxygen atoms in total. The van der Waals surface area contributed by atoms with E-state index in [4.69, 9.17) is 5.11 Å². The van der Waals surface area contributed by atoms with Crippen molar-refractivity contribution in [2.24, 2.45) is 0 Å². The third kappa shape index (κ3) is 5.03. The molecule has 1 fully saturated rings. The zero-order valence-corrected chi connectivity index (χ0v) is 11.0. The zero-order chi connectivity index (χ0) is 13.6. The van der Waals surface area contributed by atoms with Gasteiger partial charge in [0.15, 0.2) is 9.84 Å². The van der Waals surface area contributed by atoms with Gasteiger partial charge in [-0.1, -0.05) is 12.8 Å². The highest BCUT2D eigenvalue weighted by Crippen LogP contribution is 2.24. The molecule has 0 spiro atoms. The molecule has 0 heterocycles. The van der Waals surface area contributed by atoms with Crippen molar-refractivity contribution in [1.82, 2.24) is 5.32 Å². The summed E-state index contributed by atoms with van der Waals surface area (Å²) < 4.78 is 23.7. The fourth-order valence-corrected chi connectivity index (χ4v) is 3.82. The molecule has 2 N–H and O–H groups in total. The van der Waals surface area contributed by atoms with Gasteiger partial charge in [-0.2, -0.15) is 0 Å². The Labute approximate surface area is 107 Å². The third-order valence-electron chi connectivity index (χ3n) is 3.03. The van der Waals surface area contributed by atoms with Crippen molar-refractivity contribution in [1.29, 1.82) is 0 Å². The van der Waals surface area contributed by atoms with Crippen LogP contribution in [0.2, 0.25) is 0 Å². The summed E-state index contributed by atoms with van der Waals surface area (Å²) in [7, 11) is -3.34. The molecule has 1 aliphatic carbocycles. The van der Waals surface area contributed by atoms with Crippen LogP contribution in [-0.2, 0) is 19.4 Å². The molecule has 7 heteroatoms. The quantitative estimate of drug-likeness (QED) is 0.653. The van der Waals surface area contributed by atoms with E-state index in [-0.39, 0.29) is 18.2 Å². The lowest BCUT2D eigenvalue weighted by Gasteiger charge is -2.10. The molecule has 0 aromatic heterocycles. The second-order valence-corrected chi connectivity index (χ2v) is 6.84. The van der Waals surface area contributed by atoms with Gasteiger partial charge in [-0.25, -0.2) is 8.42 Å². The second kappa shape index (κ2) is 6.72. The van der Waals surface area contributed by atoms with Gasteiger partial charge < -0.3 is 10.4 Å². The van der Waals surface area contributed by atoms with Crippen LogP contribution in [0.4, 0.5) is 0 Å². The van der Waals surface area contributed by atoms with Gasteiger partial charge in [-0.3, -0.25) is 9.59 Å². The molecule has 1 rings (SSSR count). The summed E-state index contributed by atoms with van der Waals surface area (Å²) in [5.41, 5.74) is 0. The van der Waals surface area contributed by atoms with E-state index in [0.717, 1.165) is 12.8 Å². The second-order valence-electron chi connectivity index (χ2n) is 4.56. The molecule has 1 amide bonds.